The molecule has 5 heteroatoms. The number of methoxy groups -OCH3 is 1. The standard InChI is InChI=1S/C20H12O5/c1-24-12-6-7-17-15(9-12)18(21)11(10-25-17)8-16-19(22)13-4-2-3-5-14(13)20(16)23/h2-10H,1H3. The molecule has 1 heterocycles. The van der Waals surface area contributed by atoms with Crippen molar-refractivity contribution >= 4 is 28.6 Å². The number of carbonyl (C=O) groups is 2. The van der Waals surface area contributed by atoms with Gasteiger partial charge in [0.2, 0.25) is 0 Å². The van der Waals surface area contributed by atoms with E-state index < -0.39 is 0 Å². The monoisotopic (exact) mass is 332 g/mol. The Bertz CT molecular complexity index is 1100. The summed E-state index contributed by atoms with van der Waals surface area (Å²) in [6.07, 6.45) is 2.56. The fourth-order valence-electron chi connectivity index (χ4n) is 2.91. The highest BCUT2D eigenvalue weighted by molar-refractivity contribution is 6.41. The first-order valence-corrected chi connectivity index (χ1v) is 7.60. The van der Waals surface area contributed by atoms with Crippen LogP contribution in [0, 0.1) is 0 Å². The molecule has 122 valence electrons. The van der Waals surface area contributed by atoms with E-state index in [-0.39, 0.29) is 28.1 Å². The van der Waals surface area contributed by atoms with E-state index >= 15 is 0 Å². The minimum atomic E-state index is -0.384. The van der Waals surface area contributed by atoms with Crippen molar-refractivity contribution in [2.75, 3.05) is 7.11 Å². The first-order chi connectivity index (χ1) is 12.1. The van der Waals surface area contributed by atoms with Gasteiger partial charge in [0.05, 0.1) is 23.6 Å². The highest BCUT2D eigenvalue weighted by atomic mass is 16.5. The lowest BCUT2D eigenvalue weighted by atomic mass is 10.1. The van der Waals surface area contributed by atoms with Crippen molar-refractivity contribution in [2.24, 2.45) is 0 Å². The lowest BCUT2D eigenvalue weighted by Gasteiger charge is -2.02. The predicted molar refractivity (Wildman–Crippen MR) is 92.1 cm³/mol. The summed E-state index contributed by atoms with van der Waals surface area (Å²) >= 11 is 0. The molecule has 0 amide bonds. The lowest BCUT2D eigenvalue weighted by Crippen LogP contribution is -2.08. The van der Waals surface area contributed by atoms with E-state index in [1.54, 1.807) is 42.5 Å². The summed E-state index contributed by atoms with van der Waals surface area (Å²) in [6.45, 7) is 0. The Balaban J connectivity index is 1.88. The number of ketones is 2. The molecular weight excluding hydrogens is 320 g/mol. The Morgan fingerprint density at radius 3 is 2.28 bits per heavy atom. The Kier molecular flexibility index (Phi) is 3.35. The summed E-state index contributed by atoms with van der Waals surface area (Å²) in [5.41, 5.74) is 0.890. The van der Waals surface area contributed by atoms with Gasteiger partial charge in [0.1, 0.15) is 17.6 Å². The molecule has 0 N–H and O–H groups in total. The van der Waals surface area contributed by atoms with E-state index in [4.69, 9.17) is 9.15 Å². The van der Waals surface area contributed by atoms with E-state index in [0.717, 1.165) is 0 Å². The molecule has 3 aromatic rings. The molecule has 0 unspecified atom stereocenters. The zero-order valence-electron chi connectivity index (χ0n) is 13.2. The van der Waals surface area contributed by atoms with Crippen LogP contribution in [0.5, 0.6) is 5.75 Å². The van der Waals surface area contributed by atoms with Crippen molar-refractivity contribution in [1.82, 2.24) is 0 Å². The molecule has 1 aliphatic rings. The highest BCUT2D eigenvalue weighted by Crippen LogP contribution is 2.27. The number of benzene rings is 2. The van der Waals surface area contributed by atoms with Crippen LogP contribution < -0.4 is 10.2 Å². The molecule has 0 aliphatic heterocycles. The summed E-state index contributed by atoms with van der Waals surface area (Å²) < 4.78 is 10.6. The fourth-order valence-corrected chi connectivity index (χ4v) is 2.91. The van der Waals surface area contributed by atoms with Gasteiger partial charge in [-0.1, -0.05) is 24.3 Å². The molecule has 0 saturated carbocycles. The maximum Gasteiger partial charge on any atom is 0.200 e. The minimum Gasteiger partial charge on any atom is -0.497 e. The number of fused-ring (bicyclic) bond motifs is 2. The Morgan fingerprint density at radius 1 is 0.960 bits per heavy atom. The van der Waals surface area contributed by atoms with Gasteiger partial charge in [-0.25, -0.2) is 0 Å². The quantitative estimate of drug-likeness (QED) is 0.532. The zero-order valence-corrected chi connectivity index (χ0v) is 13.2. The maximum absolute atomic E-state index is 12.7. The Morgan fingerprint density at radius 2 is 1.64 bits per heavy atom. The maximum atomic E-state index is 12.7. The van der Waals surface area contributed by atoms with Crippen molar-refractivity contribution in [2.45, 2.75) is 0 Å². The SMILES string of the molecule is COc1ccc2occ(C=C3C(=O)c4ccccc4C3=O)c(=O)c2c1. The van der Waals surface area contributed by atoms with Gasteiger partial charge >= 0.3 is 0 Å². The third-order valence-electron chi connectivity index (χ3n) is 4.21. The number of Topliss-reactive ketones (excluding diaryl/α,β-unsaturated/α-hetero) is 2. The molecular formula is C20H12O5. The second-order valence-corrected chi connectivity index (χ2v) is 5.64. The third kappa shape index (κ3) is 2.29. The summed E-state index contributed by atoms with van der Waals surface area (Å²) in [5.74, 6) is -0.249. The van der Waals surface area contributed by atoms with Crippen molar-refractivity contribution in [3.63, 3.8) is 0 Å². The predicted octanol–water partition coefficient (Wildman–Crippen LogP) is 3.26. The molecule has 0 fully saturated rings. The second kappa shape index (κ2) is 5.56. The van der Waals surface area contributed by atoms with Crippen molar-refractivity contribution < 1.29 is 18.7 Å². The molecule has 1 aromatic heterocycles. The molecule has 0 radical (unpaired) electrons. The van der Waals surface area contributed by atoms with E-state index in [2.05, 4.69) is 0 Å². The van der Waals surface area contributed by atoms with Crippen LogP contribution in [0.3, 0.4) is 0 Å². The van der Waals surface area contributed by atoms with E-state index in [0.29, 0.717) is 27.8 Å². The van der Waals surface area contributed by atoms with Gasteiger partial charge in [-0.05, 0) is 24.3 Å². The van der Waals surface area contributed by atoms with Gasteiger partial charge in [-0.3, -0.25) is 14.4 Å². The molecule has 25 heavy (non-hydrogen) atoms. The van der Waals surface area contributed by atoms with Gasteiger partial charge in [-0.2, -0.15) is 0 Å². The average Bonchev–Trinajstić information content (AvgIpc) is 2.89. The Hall–Kier alpha value is -3.47. The van der Waals surface area contributed by atoms with Crippen LogP contribution in [-0.2, 0) is 0 Å². The van der Waals surface area contributed by atoms with E-state index in [1.165, 1.54) is 19.4 Å². The van der Waals surface area contributed by atoms with Crippen LogP contribution >= 0.6 is 0 Å². The lowest BCUT2D eigenvalue weighted by molar-refractivity contribution is 0.0990. The summed E-state index contributed by atoms with van der Waals surface area (Å²) in [5, 5.41) is 0.323. The number of ether oxygens (including phenoxy) is 1. The number of rotatable bonds is 2. The first-order valence-electron chi connectivity index (χ1n) is 7.60. The van der Waals surface area contributed by atoms with Crippen molar-refractivity contribution in [3.8, 4) is 5.75 Å². The third-order valence-corrected chi connectivity index (χ3v) is 4.21. The zero-order chi connectivity index (χ0) is 17.6. The van der Waals surface area contributed by atoms with Crippen LogP contribution in [0.1, 0.15) is 26.3 Å². The average molecular weight is 332 g/mol. The van der Waals surface area contributed by atoms with Gasteiger partial charge < -0.3 is 9.15 Å². The largest absolute Gasteiger partial charge is 0.497 e. The highest BCUT2D eigenvalue weighted by Gasteiger charge is 2.32. The second-order valence-electron chi connectivity index (χ2n) is 5.64. The fraction of sp³-hybridized carbons (Fsp3) is 0.0500. The van der Waals surface area contributed by atoms with Crippen LogP contribution in [0.4, 0.5) is 0 Å². The van der Waals surface area contributed by atoms with Gasteiger partial charge in [0.15, 0.2) is 17.0 Å². The minimum absolute atomic E-state index is 0.0317. The summed E-state index contributed by atoms with van der Waals surface area (Å²) in [6, 6.07) is 11.5. The summed E-state index contributed by atoms with van der Waals surface area (Å²) in [4.78, 5) is 37.6. The number of allylic oxidation sites excluding steroid dienone is 1. The first kappa shape index (κ1) is 15.1. The van der Waals surface area contributed by atoms with Gasteiger partial charge in [-0.15, -0.1) is 0 Å². The molecule has 4 rings (SSSR count). The molecule has 0 spiro atoms. The van der Waals surface area contributed by atoms with Crippen molar-refractivity contribution in [3.05, 3.63) is 81.2 Å². The molecule has 0 atom stereocenters. The number of hydrogen-bond donors (Lipinski definition) is 0. The number of carbonyl (C=O) groups excluding carboxylic acids is 2. The van der Waals surface area contributed by atoms with Gasteiger partial charge in [0.25, 0.3) is 0 Å². The van der Waals surface area contributed by atoms with E-state index in [9.17, 15) is 14.4 Å². The molecule has 0 saturated heterocycles. The smallest absolute Gasteiger partial charge is 0.200 e. The van der Waals surface area contributed by atoms with Crippen LogP contribution in [-0.4, -0.2) is 18.7 Å². The van der Waals surface area contributed by atoms with Crippen LogP contribution in [0.15, 0.2) is 63.5 Å². The molecule has 5 nitrogen and oxygen atoms in total. The Labute approximate surface area is 142 Å². The van der Waals surface area contributed by atoms with Gasteiger partial charge in [0, 0.05) is 11.1 Å². The van der Waals surface area contributed by atoms with Crippen molar-refractivity contribution in [1.29, 1.82) is 0 Å². The molecule has 1 aliphatic carbocycles. The van der Waals surface area contributed by atoms with E-state index in [1.807, 2.05) is 0 Å². The topological polar surface area (TPSA) is 73.6 Å². The molecule has 2 aromatic carbocycles. The normalized spacial score (nSPS) is 13.2. The van der Waals surface area contributed by atoms with Crippen LogP contribution in [0.25, 0.3) is 17.0 Å². The number of hydrogen-bond acceptors (Lipinski definition) is 5. The van der Waals surface area contributed by atoms with Crippen LogP contribution in [0.2, 0.25) is 0 Å². The summed E-state index contributed by atoms with van der Waals surface area (Å²) in [7, 11) is 1.50. The molecule has 0 bridgehead atoms.